The summed E-state index contributed by atoms with van der Waals surface area (Å²) in [6, 6.07) is 0.285. The van der Waals surface area contributed by atoms with Crippen molar-refractivity contribution in [1.29, 1.82) is 0 Å². The predicted octanol–water partition coefficient (Wildman–Crippen LogP) is 0.567. The Morgan fingerprint density at radius 1 is 1.29 bits per heavy atom. The SMILES string of the molecule is COc1c([C@@H]2CCCN2C[C@H](O)CN2CCOCC2)c(C)nn1C. The zero-order valence-electron chi connectivity index (χ0n) is 15.1. The van der Waals surface area contributed by atoms with Gasteiger partial charge in [0.2, 0.25) is 5.88 Å². The smallest absolute Gasteiger partial charge is 0.216 e. The quantitative estimate of drug-likeness (QED) is 0.818. The Morgan fingerprint density at radius 3 is 2.75 bits per heavy atom. The van der Waals surface area contributed by atoms with Crippen molar-refractivity contribution in [2.45, 2.75) is 31.9 Å². The molecule has 2 fully saturated rings. The molecule has 2 aliphatic rings. The Labute approximate surface area is 144 Å². The molecule has 3 heterocycles. The molecule has 7 heteroatoms. The molecule has 0 aliphatic carbocycles. The molecule has 0 aromatic carbocycles. The van der Waals surface area contributed by atoms with Crippen molar-refractivity contribution in [2.24, 2.45) is 7.05 Å². The molecular formula is C17H30N4O3. The van der Waals surface area contributed by atoms with E-state index in [0.29, 0.717) is 6.54 Å². The van der Waals surface area contributed by atoms with Crippen LogP contribution in [-0.4, -0.2) is 83.8 Å². The van der Waals surface area contributed by atoms with Crippen LogP contribution in [0.4, 0.5) is 0 Å². The number of rotatable bonds is 6. The summed E-state index contributed by atoms with van der Waals surface area (Å²) in [6.45, 7) is 7.83. The van der Waals surface area contributed by atoms with Gasteiger partial charge in [-0.15, -0.1) is 0 Å². The number of aliphatic hydroxyl groups is 1. The Hall–Kier alpha value is -1.15. The van der Waals surface area contributed by atoms with E-state index in [0.717, 1.165) is 63.8 Å². The minimum atomic E-state index is -0.341. The van der Waals surface area contributed by atoms with E-state index in [1.54, 1.807) is 7.11 Å². The maximum Gasteiger partial charge on any atom is 0.216 e. The van der Waals surface area contributed by atoms with Gasteiger partial charge in [-0.25, -0.2) is 4.68 Å². The van der Waals surface area contributed by atoms with Crippen LogP contribution in [0.5, 0.6) is 5.88 Å². The average Bonchev–Trinajstić information content (AvgIpc) is 3.11. The summed E-state index contributed by atoms with van der Waals surface area (Å²) >= 11 is 0. The molecule has 2 atom stereocenters. The molecule has 24 heavy (non-hydrogen) atoms. The molecule has 2 saturated heterocycles. The normalized spacial score (nSPS) is 24.4. The maximum atomic E-state index is 10.6. The molecule has 1 aromatic heterocycles. The van der Waals surface area contributed by atoms with E-state index in [1.165, 1.54) is 5.56 Å². The number of hydrogen-bond donors (Lipinski definition) is 1. The average molecular weight is 338 g/mol. The number of methoxy groups -OCH3 is 1. The van der Waals surface area contributed by atoms with E-state index in [4.69, 9.17) is 9.47 Å². The lowest BCUT2D eigenvalue weighted by atomic mass is 10.0. The number of aryl methyl sites for hydroxylation is 2. The van der Waals surface area contributed by atoms with Crippen molar-refractivity contribution in [3.05, 3.63) is 11.3 Å². The first-order valence-electron chi connectivity index (χ1n) is 8.90. The number of β-amino-alcohol motifs (C(OH)–C–C–N with tert-alkyl or cyclic N) is 1. The maximum absolute atomic E-state index is 10.6. The van der Waals surface area contributed by atoms with Gasteiger partial charge in [-0.05, 0) is 26.3 Å². The number of morpholine rings is 1. The van der Waals surface area contributed by atoms with Crippen molar-refractivity contribution >= 4 is 0 Å². The monoisotopic (exact) mass is 338 g/mol. The highest BCUT2D eigenvalue weighted by Gasteiger charge is 2.33. The van der Waals surface area contributed by atoms with Gasteiger partial charge in [0.1, 0.15) is 0 Å². The molecule has 3 rings (SSSR count). The first-order chi connectivity index (χ1) is 11.6. The first kappa shape index (κ1) is 17.7. The second-order valence-electron chi connectivity index (χ2n) is 6.85. The Bertz CT molecular complexity index is 542. The van der Waals surface area contributed by atoms with Gasteiger partial charge in [0.05, 0.1) is 37.7 Å². The van der Waals surface area contributed by atoms with Gasteiger partial charge in [0.25, 0.3) is 0 Å². The van der Waals surface area contributed by atoms with Gasteiger partial charge in [-0.1, -0.05) is 0 Å². The Kier molecular flexibility index (Phi) is 5.76. The van der Waals surface area contributed by atoms with Crippen LogP contribution in [0.15, 0.2) is 0 Å². The van der Waals surface area contributed by atoms with Crippen LogP contribution in [0.25, 0.3) is 0 Å². The molecular weight excluding hydrogens is 308 g/mol. The van der Waals surface area contributed by atoms with E-state index in [1.807, 2.05) is 18.7 Å². The summed E-state index contributed by atoms with van der Waals surface area (Å²) in [5.74, 6) is 0.840. The van der Waals surface area contributed by atoms with E-state index in [9.17, 15) is 5.11 Å². The third kappa shape index (κ3) is 3.74. The molecule has 0 bridgehead atoms. The van der Waals surface area contributed by atoms with E-state index >= 15 is 0 Å². The third-order valence-electron chi connectivity index (χ3n) is 5.12. The number of aliphatic hydroxyl groups excluding tert-OH is 1. The topological polar surface area (TPSA) is 63.0 Å². The van der Waals surface area contributed by atoms with Crippen molar-refractivity contribution < 1.29 is 14.6 Å². The van der Waals surface area contributed by atoms with Gasteiger partial charge >= 0.3 is 0 Å². The van der Waals surface area contributed by atoms with Crippen molar-refractivity contribution in [2.75, 3.05) is 53.0 Å². The van der Waals surface area contributed by atoms with Gasteiger partial charge < -0.3 is 14.6 Å². The summed E-state index contributed by atoms with van der Waals surface area (Å²) in [6.07, 6.45) is 1.89. The van der Waals surface area contributed by atoms with Crippen molar-refractivity contribution in [1.82, 2.24) is 19.6 Å². The second-order valence-corrected chi connectivity index (χ2v) is 6.85. The second kappa shape index (κ2) is 7.82. The standard InChI is InChI=1S/C17H30N4O3/c1-13-16(17(23-3)19(2)18-13)15-5-4-6-21(15)12-14(22)11-20-7-9-24-10-8-20/h14-15,22H,4-12H2,1-3H3/t14-,15+/m1/s1. The van der Waals surface area contributed by atoms with Gasteiger partial charge in [0.15, 0.2) is 0 Å². The molecule has 0 amide bonds. The highest BCUT2D eigenvalue weighted by molar-refractivity contribution is 5.35. The van der Waals surface area contributed by atoms with Crippen LogP contribution in [0.2, 0.25) is 0 Å². The molecule has 7 nitrogen and oxygen atoms in total. The zero-order valence-corrected chi connectivity index (χ0v) is 15.1. The molecule has 1 aromatic rings. The zero-order chi connectivity index (χ0) is 17.1. The fourth-order valence-corrected chi connectivity index (χ4v) is 4.06. The number of aromatic nitrogens is 2. The summed E-state index contributed by atoms with van der Waals surface area (Å²) in [7, 11) is 3.62. The van der Waals surface area contributed by atoms with Crippen LogP contribution in [-0.2, 0) is 11.8 Å². The molecule has 0 radical (unpaired) electrons. The largest absolute Gasteiger partial charge is 0.481 e. The summed E-state index contributed by atoms with van der Waals surface area (Å²) < 4.78 is 12.8. The lowest BCUT2D eigenvalue weighted by Gasteiger charge is -2.32. The Balaban J connectivity index is 1.65. The van der Waals surface area contributed by atoms with E-state index in [-0.39, 0.29) is 12.1 Å². The predicted molar refractivity (Wildman–Crippen MR) is 91.3 cm³/mol. The van der Waals surface area contributed by atoms with Crippen LogP contribution >= 0.6 is 0 Å². The highest BCUT2D eigenvalue weighted by Crippen LogP contribution is 2.38. The fraction of sp³-hybridized carbons (Fsp3) is 0.824. The Morgan fingerprint density at radius 2 is 2.04 bits per heavy atom. The highest BCUT2D eigenvalue weighted by atomic mass is 16.5. The van der Waals surface area contributed by atoms with Gasteiger partial charge in [-0.2, -0.15) is 5.10 Å². The van der Waals surface area contributed by atoms with Gasteiger partial charge in [-0.3, -0.25) is 9.80 Å². The van der Waals surface area contributed by atoms with E-state index in [2.05, 4.69) is 14.9 Å². The van der Waals surface area contributed by atoms with Crippen LogP contribution in [0.3, 0.4) is 0 Å². The van der Waals surface area contributed by atoms with Crippen LogP contribution in [0.1, 0.15) is 30.1 Å². The molecule has 1 N–H and O–H groups in total. The minimum absolute atomic E-state index is 0.285. The number of likely N-dealkylation sites (tertiary alicyclic amines) is 1. The number of hydrogen-bond acceptors (Lipinski definition) is 6. The third-order valence-corrected chi connectivity index (χ3v) is 5.12. The van der Waals surface area contributed by atoms with Crippen LogP contribution in [0, 0.1) is 6.92 Å². The summed E-state index contributed by atoms with van der Waals surface area (Å²) in [5, 5.41) is 15.1. The minimum Gasteiger partial charge on any atom is -0.481 e. The number of nitrogens with zero attached hydrogens (tertiary/aromatic N) is 4. The lowest BCUT2D eigenvalue weighted by molar-refractivity contribution is 0.00576. The molecule has 0 spiro atoms. The molecule has 2 aliphatic heterocycles. The molecule has 0 saturated carbocycles. The van der Waals surface area contributed by atoms with E-state index < -0.39 is 0 Å². The van der Waals surface area contributed by atoms with Crippen molar-refractivity contribution in [3.8, 4) is 5.88 Å². The summed E-state index contributed by atoms with van der Waals surface area (Å²) in [5.41, 5.74) is 2.20. The molecule has 0 unspecified atom stereocenters. The van der Waals surface area contributed by atoms with Gasteiger partial charge in [0, 0.05) is 39.3 Å². The first-order valence-corrected chi connectivity index (χ1v) is 8.90. The van der Waals surface area contributed by atoms with Crippen molar-refractivity contribution in [3.63, 3.8) is 0 Å². The summed E-state index contributed by atoms with van der Waals surface area (Å²) in [4.78, 5) is 4.67. The number of ether oxygens (including phenoxy) is 2. The lowest BCUT2D eigenvalue weighted by Crippen LogP contribution is -2.44. The van der Waals surface area contributed by atoms with Crippen LogP contribution < -0.4 is 4.74 Å². The fourth-order valence-electron chi connectivity index (χ4n) is 4.06. The molecule has 136 valence electrons.